The predicted octanol–water partition coefficient (Wildman–Crippen LogP) is 19.7. The highest BCUT2D eigenvalue weighted by molar-refractivity contribution is 5.70. The van der Waals surface area contributed by atoms with Crippen molar-refractivity contribution in [2.24, 2.45) is 35.5 Å². The maximum absolute atomic E-state index is 12.9. The number of hydrogen-bond acceptors (Lipinski definition) is 20. The van der Waals surface area contributed by atoms with Crippen molar-refractivity contribution in [2.75, 3.05) is 136 Å². The third-order valence-corrected chi connectivity index (χ3v) is 21.9. The average Bonchev–Trinajstić information content (AvgIpc) is 0.969. The molecule has 18 atom stereocenters. The topological polar surface area (TPSA) is 247 Å². The molecule has 0 amide bonds. The molecule has 0 aromatic carbocycles. The van der Waals surface area contributed by atoms with Crippen LogP contribution in [0.3, 0.4) is 0 Å². The van der Waals surface area contributed by atoms with Crippen molar-refractivity contribution in [3.63, 3.8) is 0 Å². The van der Waals surface area contributed by atoms with Gasteiger partial charge in [0.15, 0.2) is 0 Å². The standard InChI is InChI=1S/C19H32O5.C17H25F3O3.3C17H28O3.C16H26O3/c1-15-12-16(2)19(24-14-18(20)22-4)17(21-3)10-8-6-5-7-9-11-23-13-15;1-12-10-13(2)16(21)15(22-3)7-5-4-6-14(17(18,19)20)8-9-23-11-12;3*1-13-7-5-6-8-16(19-4)17(18)15(3)11-14(2)12-20-10-9-13;1-13-11-14(2)16(17)15(18-3)9-7-5-4-6-8-10-19-12-13/h8,10,12,16-17,19H,5-7,9,11,13-14H2,1-4H3;5,7-8,10,13,15-16,21H,4,6,9,11H2,1-3H3;3*6,8-9,11,15-18H,5,7,10,12H2,1-4H3;6-9,11,14-17H,4-5,10,12H2,1-3H3/b10-8+,15-12-;7-5+,12-10-,14-8-;8-6+,13-9+,14-11-;2*8-6+,13-9-,14-11-;8-6+,9-7+,13-11-/t16-,17+,19+;13-,15+,16+;3*15-,16+,17+;14-,15+,16+/m111111/s1. The predicted molar refractivity (Wildman–Crippen MR) is 503 cm³/mol. The molecule has 0 aromatic rings. The van der Waals surface area contributed by atoms with Gasteiger partial charge in [0.2, 0.25) is 0 Å². The van der Waals surface area contributed by atoms with Gasteiger partial charge in [-0.1, -0.05) is 244 Å². The normalized spacial score (nSPS) is 35.4. The fourth-order valence-electron chi connectivity index (χ4n) is 14.2. The van der Waals surface area contributed by atoms with Crippen molar-refractivity contribution in [2.45, 2.75) is 273 Å². The Hall–Kier alpha value is -5.88. The summed E-state index contributed by atoms with van der Waals surface area (Å²) in [7, 11) is 11.0. The molecule has 0 radical (unpaired) electrons. The highest BCUT2D eigenvalue weighted by Gasteiger charge is 2.33. The first-order valence-electron chi connectivity index (χ1n) is 45.2. The number of halogens is 3. The number of aliphatic hydroxyl groups excluding tert-OH is 5. The Labute approximate surface area is 757 Å². The molecule has 0 saturated carbocycles. The Kier molecular flexibility index (Phi) is 67.3. The third kappa shape index (κ3) is 55.3. The number of rotatable bonds is 9. The molecule has 23 heteroatoms. The van der Waals surface area contributed by atoms with Crippen LogP contribution in [0.25, 0.3) is 0 Å². The molecule has 0 spiro atoms. The van der Waals surface area contributed by atoms with Gasteiger partial charge in [-0.15, -0.1) is 0 Å². The summed E-state index contributed by atoms with van der Waals surface area (Å²) < 4.78 is 115. The van der Waals surface area contributed by atoms with Crippen LogP contribution in [-0.2, 0) is 71.1 Å². The van der Waals surface area contributed by atoms with Crippen molar-refractivity contribution in [3.8, 4) is 0 Å². The van der Waals surface area contributed by atoms with Crippen LogP contribution in [0.5, 0.6) is 0 Å². The number of carbonyl (C=O) groups is 1. The molecule has 0 aliphatic carbocycles. The SMILES string of the molecule is COC(=O)CO[C@H]1[C@H](C)/C=C(/C)COCCCCC/C=C/[C@@H]1OC.CO[C@H]1/C=C/CC/C(C(F)(F)F)=C/COC/C(C)=C\[C@@H](C)[C@@H]1O.CO[C@H]1/C=C/CC/C(C)=C/COC/C(C)=C\[C@@H](C)[C@@H]1O.CO[C@H]1/C=C/CC/C(C)=C\COC/C(C)=C\[C@@H](C)[C@@H]1O.CO[C@H]1/C=C/CC/C(C)=C\COC/C(C)=C\[C@@H](C)[C@@H]1O.CO[C@H]1/C=C/CC/C=C/COC/C(C)=C\[C@@H](C)[C@@H]1O. The number of alkyl halides is 3. The smallest absolute Gasteiger partial charge is 0.412 e. The molecular formula is C103H167F3O20. The Morgan fingerprint density at radius 3 is 0.952 bits per heavy atom. The Morgan fingerprint density at radius 1 is 0.333 bits per heavy atom. The van der Waals surface area contributed by atoms with Gasteiger partial charge in [0.1, 0.15) is 43.2 Å². The molecule has 20 nitrogen and oxygen atoms in total. The summed E-state index contributed by atoms with van der Waals surface area (Å²) in [5.74, 6) is -0.315. The van der Waals surface area contributed by atoms with E-state index in [4.69, 9.17) is 61.6 Å². The molecule has 0 saturated heterocycles. The zero-order chi connectivity index (χ0) is 94.2. The van der Waals surface area contributed by atoms with E-state index in [1.165, 1.54) is 30.9 Å². The Morgan fingerprint density at radius 2 is 0.619 bits per heavy atom. The monoisotopic (exact) mass is 1780 g/mol. The van der Waals surface area contributed by atoms with E-state index in [0.717, 1.165) is 123 Å². The molecule has 0 aromatic heterocycles. The third-order valence-electron chi connectivity index (χ3n) is 21.9. The van der Waals surface area contributed by atoms with Crippen molar-refractivity contribution in [1.82, 2.24) is 0 Å². The minimum absolute atomic E-state index is 0.0356. The van der Waals surface area contributed by atoms with Gasteiger partial charge in [-0.2, -0.15) is 13.2 Å². The van der Waals surface area contributed by atoms with Gasteiger partial charge >= 0.3 is 12.1 Å². The average molecular weight is 1780 g/mol. The molecule has 126 heavy (non-hydrogen) atoms. The lowest BCUT2D eigenvalue weighted by molar-refractivity contribution is -0.151. The summed E-state index contributed by atoms with van der Waals surface area (Å²) >= 11 is 0. The molecule has 6 rings (SSSR count). The summed E-state index contributed by atoms with van der Waals surface area (Å²) in [5.41, 5.74) is 9.96. The van der Waals surface area contributed by atoms with E-state index in [1.807, 2.05) is 106 Å². The lowest BCUT2D eigenvalue weighted by Gasteiger charge is -2.28. The maximum Gasteiger partial charge on any atom is 0.412 e. The van der Waals surface area contributed by atoms with Gasteiger partial charge in [0.25, 0.3) is 0 Å². The number of ether oxygens (including phenoxy) is 14. The van der Waals surface area contributed by atoms with Crippen molar-refractivity contribution in [3.05, 3.63) is 202 Å². The van der Waals surface area contributed by atoms with Gasteiger partial charge < -0.3 is 91.8 Å². The van der Waals surface area contributed by atoms with E-state index in [1.54, 1.807) is 47.7 Å². The minimum Gasteiger partial charge on any atom is -0.467 e. The van der Waals surface area contributed by atoms with Crippen LogP contribution in [-0.4, -0.2) is 247 Å². The van der Waals surface area contributed by atoms with E-state index in [9.17, 15) is 43.5 Å². The molecule has 6 heterocycles. The Bertz CT molecular complexity index is 3290. The lowest BCUT2D eigenvalue weighted by atomic mass is 9.96. The number of allylic oxidation sites excluding steroid dienone is 11. The second-order valence-electron chi connectivity index (χ2n) is 33.9. The van der Waals surface area contributed by atoms with Crippen LogP contribution in [0.1, 0.15) is 194 Å². The summed E-state index contributed by atoms with van der Waals surface area (Å²) in [6.07, 6.45) is 50.5. The van der Waals surface area contributed by atoms with Crippen molar-refractivity contribution < 1.29 is 110 Å². The van der Waals surface area contributed by atoms with Gasteiger partial charge in [-0.05, 0) is 146 Å². The molecule has 720 valence electrons. The molecule has 6 aliphatic rings. The highest BCUT2D eigenvalue weighted by Crippen LogP contribution is 2.31. The van der Waals surface area contributed by atoms with Gasteiger partial charge in [0, 0.05) is 90.3 Å². The molecule has 6 aliphatic heterocycles. The van der Waals surface area contributed by atoms with Crippen LogP contribution in [0.15, 0.2) is 202 Å². The summed E-state index contributed by atoms with van der Waals surface area (Å²) in [6, 6.07) is 0. The van der Waals surface area contributed by atoms with Gasteiger partial charge in [-0.25, -0.2) is 4.79 Å². The van der Waals surface area contributed by atoms with E-state index in [-0.39, 0.29) is 111 Å². The minimum atomic E-state index is -4.35. The largest absolute Gasteiger partial charge is 0.467 e. The number of carbonyl (C=O) groups excluding carboxylic acids is 1. The first kappa shape index (κ1) is 118. The van der Waals surface area contributed by atoms with Gasteiger partial charge in [0.05, 0.1) is 116 Å². The first-order chi connectivity index (χ1) is 60.1. The summed E-state index contributed by atoms with van der Waals surface area (Å²) in [6.45, 7) is 36.8. The summed E-state index contributed by atoms with van der Waals surface area (Å²) in [5, 5.41) is 51.6. The quantitative estimate of drug-likeness (QED) is 0.106. The van der Waals surface area contributed by atoms with E-state index in [2.05, 4.69) is 130 Å². The number of aliphatic hydroxyl groups is 5. The molecular weight excluding hydrogens is 1610 g/mol. The highest BCUT2D eigenvalue weighted by atomic mass is 19.4. The molecule has 0 fully saturated rings. The fraction of sp³-hybridized carbons (Fsp3) is 0.660. The fourth-order valence-corrected chi connectivity index (χ4v) is 14.2. The van der Waals surface area contributed by atoms with E-state index >= 15 is 0 Å². The van der Waals surface area contributed by atoms with E-state index in [0.29, 0.717) is 59.5 Å². The maximum atomic E-state index is 12.9. The van der Waals surface area contributed by atoms with E-state index < -0.39 is 48.4 Å². The summed E-state index contributed by atoms with van der Waals surface area (Å²) in [4.78, 5) is 11.4. The lowest BCUT2D eigenvalue weighted by Crippen LogP contribution is -2.36. The van der Waals surface area contributed by atoms with Crippen LogP contribution < -0.4 is 0 Å². The Balaban J connectivity index is 0.000000757. The number of esters is 1. The first-order valence-corrected chi connectivity index (χ1v) is 45.2. The molecule has 0 unspecified atom stereocenters. The number of methoxy groups -OCH3 is 7. The van der Waals surface area contributed by atoms with Crippen LogP contribution >= 0.6 is 0 Å². The van der Waals surface area contributed by atoms with Crippen LogP contribution in [0.2, 0.25) is 0 Å². The van der Waals surface area contributed by atoms with Crippen molar-refractivity contribution in [1.29, 1.82) is 0 Å². The second-order valence-corrected chi connectivity index (χ2v) is 33.9. The zero-order valence-electron chi connectivity index (χ0n) is 80.8. The van der Waals surface area contributed by atoms with Crippen LogP contribution in [0, 0.1) is 35.5 Å². The molecule has 5 N–H and O–H groups in total. The number of hydrogen-bond donors (Lipinski definition) is 5. The zero-order valence-corrected chi connectivity index (χ0v) is 80.8. The van der Waals surface area contributed by atoms with Crippen molar-refractivity contribution >= 4 is 5.97 Å². The van der Waals surface area contributed by atoms with Gasteiger partial charge in [-0.3, -0.25) is 0 Å². The van der Waals surface area contributed by atoms with Crippen LogP contribution in [0.4, 0.5) is 13.2 Å². The second kappa shape index (κ2) is 71.8. The molecule has 0 bridgehead atoms.